The monoisotopic (exact) mass is 417 g/mol. The molecule has 0 N–H and O–H groups in total. The summed E-state index contributed by atoms with van der Waals surface area (Å²) < 4.78 is 11.0. The summed E-state index contributed by atoms with van der Waals surface area (Å²) in [4.78, 5) is 39.7. The van der Waals surface area contributed by atoms with Crippen molar-refractivity contribution < 1.29 is 23.9 Å². The van der Waals surface area contributed by atoms with Gasteiger partial charge in [0.2, 0.25) is 5.91 Å². The summed E-state index contributed by atoms with van der Waals surface area (Å²) in [5.41, 5.74) is 0.217. The standard InChI is InChI=1S/C24H35NO5/c1-7-11-16(2)14-19(15-20(26)30-24(4,5)6)22(27)25-17(3)21(29-23(25)28)18-12-9-8-10-13-18/h8-10,12-13,16-17,19,21H,7,11,14-15H2,1-6H3/t16?,17-,19+,21-/m1/s1. The van der Waals surface area contributed by atoms with Gasteiger partial charge in [-0.05, 0) is 45.6 Å². The third-order valence-corrected chi connectivity index (χ3v) is 5.29. The number of esters is 1. The number of nitrogens with zero attached hydrogens (tertiary/aromatic N) is 1. The fourth-order valence-corrected chi connectivity index (χ4v) is 3.99. The average molecular weight is 418 g/mol. The lowest BCUT2D eigenvalue weighted by atomic mass is 9.89. The number of imide groups is 1. The Morgan fingerprint density at radius 2 is 1.83 bits per heavy atom. The van der Waals surface area contributed by atoms with Crippen molar-refractivity contribution in [2.75, 3.05) is 0 Å². The first-order valence-corrected chi connectivity index (χ1v) is 10.8. The Hall–Kier alpha value is -2.37. The maximum Gasteiger partial charge on any atom is 0.417 e. The highest BCUT2D eigenvalue weighted by Gasteiger charge is 2.45. The molecule has 0 aromatic heterocycles. The van der Waals surface area contributed by atoms with Crippen LogP contribution in [0.25, 0.3) is 0 Å². The van der Waals surface area contributed by atoms with E-state index in [0.29, 0.717) is 6.42 Å². The van der Waals surface area contributed by atoms with Crippen LogP contribution in [0.2, 0.25) is 0 Å². The second-order valence-corrected chi connectivity index (χ2v) is 9.28. The molecule has 0 aliphatic carbocycles. The van der Waals surface area contributed by atoms with Gasteiger partial charge in [-0.2, -0.15) is 0 Å². The van der Waals surface area contributed by atoms with Crippen molar-refractivity contribution in [1.29, 1.82) is 0 Å². The summed E-state index contributed by atoms with van der Waals surface area (Å²) in [6.07, 6.45) is 1.25. The normalized spacial score (nSPS) is 21.1. The molecule has 0 bridgehead atoms. The van der Waals surface area contributed by atoms with Crippen molar-refractivity contribution in [1.82, 2.24) is 4.90 Å². The van der Waals surface area contributed by atoms with Crippen molar-refractivity contribution in [3.05, 3.63) is 35.9 Å². The van der Waals surface area contributed by atoms with Crippen molar-refractivity contribution in [3.63, 3.8) is 0 Å². The molecule has 0 saturated carbocycles. The van der Waals surface area contributed by atoms with Gasteiger partial charge >= 0.3 is 12.1 Å². The summed E-state index contributed by atoms with van der Waals surface area (Å²) in [5.74, 6) is -1.15. The molecule has 1 saturated heterocycles. The Balaban J connectivity index is 2.20. The summed E-state index contributed by atoms with van der Waals surface area (Å²) >= 11 is 0. The second-order valence-electron chi connectivity index (χ2n) is 9.28. The van der Waals surface area contributed by atoms with Crippen LogP contribution < -0.4 is 0 Å². The van der Waals surface area contributed by atoms with E-state index in [1.165, 1.54) is 4.90 Å². The van der Waals surface area contributed by atoms with E-state index in [1.54, 1.807) is 27.7 Å². The Bertz CT molecular complexity index is 740. The highest BCUT2D eigenvalue weighted by atomic mass is 16.6. The Morgan fingerprint density at radius 1 is 1.20 bits per heavy atom. The number of rotatable bonds is 8. The first-order valence-electron chi connectivity index (χ1n) is 10.8. The number of amides is 2. The van der Waals surface area contributed by atoms with Crippen LogP contribution in [-0.4, -0.2) is 34.5 Å². The molecule has 166 valence electrons. The molecule has 1 fully saturated rings. The molecule has 1 aliphatic rings. The largest absolute Gasteiger partial charge is 0.460 e. The third-order valence-electron chi connectivity index (χ3n) is 5.29. The van der Waals surface area contributed by atoms with E-state index >= 15 is 0 Å². The minimum Gasteiger partial charge on any atom is -0.460 e. The molecule has 1 unspecified atom stereocenters. The van der Waals surface area contributed by atoms with Crippen LogP contribution in [0.15, 0.2) is 30.3 Å². The fraction of sp³-hybridized carbons (Fsp3) is 0.625. The second kappa shape index (κ2) is 10.1. The van der Waals surface area contributed by atoms with E-state index in [4.69, 9.17) is 9.47 Å². The quantitative estimate of drug-likeness (QED) is 0.539. The Kier molecular flexibility index (Phi) is 8.04. The molecule has 6 heteroatoms. The molecule has 1 aliphatic heterocycles. The van der Waals surface area contributed by atoms with Gasteiger partial charge in [0.1, 0.15) is 11.7 Å². The number of hydrogen-bond acceptors (Lipinski definition) is 5. The third kappa shape index (κ3) is 6.31. The van der Waals surface area contributed by atoms with Crippen LogP contribution in [0, 0.1) is 11.8 Å². The van der Waals surface area contributed by atoms with Crippen LogP contribution >= 0.6 is 0 Å². The maximum atomic E-state index is 13.4. The van der Waals surface area contributed by atoms with Gasteiger partial charge in [-0.15, -0.1) is 0 Å². The number of cyclic esters (lactones) is 1. The molecule has 4 atom stereocenters. The van der Waals surface area contributed by atoms with E-state index < -0.39 is 35.7 Å². The molecule has 6 nitrogen and oxygen atoms in total. The molecule has 1 aromatic carbocycles. The zero-order chi connectivity index (χ0) is 22.5. The van der Waals surface area contributed by atoms with Crippen molar-refractivity contribution in [3.8, 4) is 0 Å². The van der Waals surface area contributed by atoms with Gasteiger partial charge in [0.25, 0.3) is 0 Å². The summed E-state index contributed by atoms with van der Waals surface area (Å²) in [6.45, 7) is 11.4. The van der Waals surface area contributed by atoms with Crippen molar-refractivity contribution >= 4 is 18.0 Å². The Morgan fingerprint density at radius 3 is 2.40 bits per heavy atom. The zero-order valence-corrected chi connectivity index (χ0v) is 19.0. The lowest BCUT2D eigenvalue weighted by molar-refractivity contribution is -0.158. The Labute approximate surface area is 179 Å². The first kappa shape index (κ1) is 23.9. The molecular formula is C24H35NO5. The van der Waals surface area contributed by atoms with Gasteiger partial charge in [-0.1, -0.05) is 57.0 Å². The van der Waals surface area contributed by atoms with Gasteiger partial charge in [-0.3, -0.25) is 9.59 Å². The molecule has 1 heterocycles. The highest BCUT2D eigenvalue weighted by Crippen LogP contribution is 2.35. The maximum absolute atomic E-state index is 13.4. The van der Waals surface area contributed by atoms with E-state index in [1.807, 2.05) is 30.3 Å². The van der Waals surface area contributed by atoms with Crippen LogP contribution in [0.3, 0.4) is 0 Å². The number of carbonyl (C=O) groups is 3. The molecule has 0 spiro atoms. The smallest absolute Gasteiger partial charge is 0.417 e. The molecule has 30 heavy (non-hydrogen) atoms. The molecule has 0 radical (unpaired) electrons. The van der Waals surface area contributed by atoms with Gasteiger partial charge in [0.05, 0.1) is 12.5 Å². The van der Waals surface area contributed by atoms with Gasteiger partial charge in [-0.25, -0.2) is 9.69 Å². The van der Waals surface area contributed by atoms with Gasteiger partial charge in [0.15, 0.2) is 0 Å². The van der Waals surface area contributed by atoms with Crippen LogP contribution in [-0.2, 0) is 19.1 Å². The number of carbonyl (C=O) groups excluding carboxylic acids is 3. The predicted molar refractivity (Wildman–Crippen MR) is 115 cm³/mol. The van der Waals surface area contributed by atoms with Crippen molar-refractivity contribution in [2.45, 2.75) is 85.0 Å². The molecule has 2 rings (SSSR count). The summed E-state index contributed by atoms with van der Waals surface area (Å²) in [5, 5.41) is 0. The summed E-state index contributed by atoms with van der Waals surface area (Å²) in [6, 6.07) is 8.94. The number of ether oxygens (including phenoxy) is 2. The van der Waals surface area contributed by atoms with Crippen LogP contribution in [0.5, 0.6) is 0 Å². The molecular weight excluding hydrogens is 382 g/mol. The molecule has 1 aromatic rings. The minimum absolute atomic E-state index is 0.0450. The van der Waals surface area contributed by atoms with Gasteiger partial charge in [0, 0.05) is 5.92 Å². The van der Waals surface area contributed by atoms with Crippen LogP contribution in [0.1, 0.15) is 78.9 Å². The lowest BCUT2D eigenvalue weighted by Crippen LogP contribution is -2.43. The average Bonchev–Trinajstić information content (AvgIpc) is 2.94. The van der Waals surface area contributed by atoms with E-state index in [-0.39, 0.29) is 18.2 Å². The zero-order valence-electron chi connectivity index (χ0n) is 19.0. The van der Waals surface area contributed by atoms with E-state index in [9.17, 15) is 14.4 Å². The number of benzene rings is 1. The SMILES string of the molecule is CCCC(C)C[C@@H](CC(=O)OC(C)(C)C)C(=O)N1C(=O)O[C@@H](c2ccccc2)[C@H]1C. The topological polar surface area (TPSA) is 72.9 Å². The van der Waals surface area contributed by atoms with Gasteiger partial charge < -0.3 is 9.47 Å². The van der Waals surface area contributed by atoms with E-state index in [2.05, 4.69) is 13.8 Å². The highest BCUT2D eigenvalue weighted by molar-refractivity contribution is 5.96. The fourth-order valence-electron chi connectivity index (χ4n) is 3.99. The first-order chi connectivity index (χ1) is 14.0. The molecule has 2 amide bonds. The van der Waals surface area contributed by atoms with E-state index in [0.717, 1.165) is 18.4 Å². The number of hydrogen-bond donors (Lipinski definition) is 0. The minimum atomic E-state index is -0.654. The lowest BCUT2D eigenvalue weighted by Gasteiger charge is -2.27. The van der Waals surface area contributed by atoms with Crippen LogP contribution in [0.4, 0.5) is 4.79 Å². The predicted octanol–water partition coefficient (Wildman–Crippen LogP) is 5.27. The summed E-state index contributed by atoms with van der Waals surface area (Å²) in [7, 11) is 0. The van der Waals surface area contributed by atoms with Crippen molar-refractivity contribution in [2.24, 2.45) is 11.8 Å².